The molecule has 0 heterocycles. The number of carbonyl (C=O) groups is 2. The zero-order valence-corrected chi connectivity index (χ0v) is 10.5. The normalized spacial score (nSPS) is 17.7. The highest BCUT2D eigenvalue weighted by Gasteiger charge is 2.35. The van der Waals surface area contributed by atoms with Gasteiger partial charge in [-0.25, -0.2) is 0 Å². The zero-order chi connectivity index (χ0) is 13.4. The monoisotopic (exact) mass is 252 g/mol. The van der Waals surface area contributed by atoms with Gasteiger partial charge in [-0.3, -0.25) is 14.9 Å². The summed E-state index contributed by atoms with van der Waals surface area (Å²) in [6.45, 7) is 0.463. The number of aliphatic carboxylic acids is 1. The largest absolute Gasteiger partial charge is 0.481 e. The predicted molar refractivity (Wildman–Crippen MR) is 67.9 cm³/mol. The van der Waals surface area contributed by atoms with Crippen LogP contribution >= 0.6 is 0 Å². The van der Waals surface area contributed by atoms with Crippen molar-refractivity contribution in [1.82, 2.24) is 10.6 Å². The van der Waals surface area contributed by atoms with Crippen LogP contribution in [0.5, 0.6) is 0 Å². The van der Waals surface area contributed by atoms with Gasteiger partial charge in [-0.05, 0) is 12.8 Å². The summed E-state index contributed by atoms with van der Waals surface area (Å²) < 4.78 is 0. The molecule has 100 valence electrons. The maximum atomic E-state index is 11.7. The third-order valence-electron chi connectivity index (χ3n) is 3.22. The van der Waals surface area contributed by atoms with Gasteiger partial charge in [0.2, 0.25) is 5.91 Å². The van der Waals surface area contributed by atoms with Crippen LogP contribution in [0.2, 0.25) is 0 Å². The fraction of sp³-hybridized carbons (Fsp3) is 0.692. The van der Waals surface area contributed by atoms with Gasteiger partial charge < -0.3 is 10.4 Å². The third kappa shape index (κ3) is 4.76. The molecular weight excluding hydrogens is 232 g/mol. The lowest BCUT2D eigenvalue weighted by Crippen LogP contribution is -2.53. The van der Waals surface area contributed by atoms with Gasteiger partial charge in [-0.2, -0.15) is 0 Å². The standard InChI is InChI=1S/C13H20N2O3/c1-2-8-14-10-11(16)15-13(9-12(17)18)6-4-3-5-7-13/h1,14H,3-10H2,(H,15,16)(H,17,18). The molecule has 0 aromatic rings. The molecule has 1 aliphatic carbocycles. The van der Waals surface area contributed by atoms with Gasteiger partial charge in [-0.1, -0.05) is 25.2 Å². The van der Waals surface area contributed by atoms with Crippen molar-refractivity contribution < 1.29 is 14.7 Å². The number of carboxylic acid groups (broad SMARTS) is 1. The van der Waals surface area contributed by atoms with E-state index < -0.39 is 11.5 Å². The molecule has 1 fully saturated rings. The number of carbonyl (C=O) groups excluding carboxylic acids is 1. The maximum absolute atomic E-state index is 11.7. The van der Waals surface area contributed by atoms with E-state index in [1.54, 1.807) is 0 Å². The average Bonchev–Trinajstić information content (AvgIpc) is 2.29. The molecule has 0 radical (unpaired) electrons. The molecule has 0 aliphatic heterocycles. The van der Waals surface area contributed by atoms with Crippen molar-refractivity contribution in [2.45, 2.75) is 44.1 Å². The lowest BCUT2D eigenvalue weighted by molar-refractivity contribution is -0.139. The third-order valence-corrected chi connectivity index (χ3v) is 3.22. The van der Waals surface area contributed by atoms with Gasteiger partial charge in [-0.15, -0.1) is 6.42 Å². The minimum Gasteiger partial charge on any atom is -0.481 e. The summed E-state index contributed by atoms with van der Waals surface area (Å²) >= 11 is 0. The van der Waals surface area contributed by atoms with Crippen molar-refractivity contribution in [3.8, 4) is 12.3 Å². The number of hydrogen-bond donors (Lipinski definition) is 3. The molecule has 0 bridgehead atoms. The topological polar surface area (TPSA) is 78.4 Å². The fourth-order valence-corrected chi connectivity index (χ4v) is 2.45. The Morgan fingerprint density at radius 1 is 1.28 bits per heavy atom. The molecule has 5 heteroatoms. The van der Waals surface area contributed by atoms with E-state index in [0.717, 1.165) is 32.1 Å². The van der Waals surface area contributed by atoms with Crippen LogP contribution in [0.15, 0.2) is 0 Å². The first kappa shape index (κ1) is 14.5. The van der Waals surface area contributed by atoms with Crippen LogP contribution in [-0.2, 0) is 9.59 Å². The lowest BCUT2D eigenvalue weighted by Gasteiger charge is -2.37. The summed E-state index contributed by atoms with van der Waals surface area (Å²) in [4.78, 5) is 22.7. The average molecular weight is 252 g/mol. The Morgan fingerprint density at radius 2 is 1.94 bits per heavy atom. The van der Waals surface area contributed by atoms with E-state index in [4.69, 9.17) is 11.5 Å². The van der Waals surface area contributed by atoms with Gasteiger partial charge in [0.1, 0.15) is 0 Å². The van der Waals surface area contributed by atoms with E-state index in [0.29, 0.717) is 6.54 Å². The Labute approximate surface area is 107 Å². The summed E-state index contributed by atoms with van der Waals surface area (Å²) in [5.74, 6) is 1.33. The van der Waals surface area contributed by atoms with Gasteiger partial charge >= 0.3 is 5.97 Å². The molecule has 18 heavy (non-hydrogen) atoms. The molecule has 0 saturated heterocycles. The molecule has 3 N–H and O–H groups in total. The molecular formula is C13H20N2O3. The minimum absolute atomic E-state index is 0.00607. The van der Waals surface area contributed by atoms with E-state index in [9.17, 15) is 9.59 Å². The second kappa shape index (κ2) is 7.02. The smallest absolute Gasteiger partial charge is 0.305 e. The van der Waals surface area contributed by atoms with Crippen molar-refractivity contribution in [1.29, 1.82) is 0 Å². The van der Waals surface area contributed by atoms with Gasteiger partial charge in [0, 0.05) is 0 Å². The van der Waals surface area contributed by atoms with Crippen molar-refractivity contribution in [3.63, 3.8) is 0 Å². The Hall–Kier alpha value is -1.54. The quantitative estimate of drug-likeness (QED) is 0.475. The van der Waals surface area contributed by atoms with Gasteiger partial charge in [0.25, 0.3) is 0 Å². The fourth-order valence-electron chi connectivity index (χ4n) is 2.45. The first-order valence-electron chi connectivity index (χ1n) is 6.25. The molecule has 0 spiro atoms. The van der Waals surface area contributed by atoms with E-state index >= 15 is 0 Å². The van der Waals surface area contributed by atoms with Crippen LogP contribution in [0.25, 0.3) is 0 Å². The van der Waals surface area contributed by atoms with Crippen LogP contribution in [-0.4, -0.2) is 35.6 Å². The van der Waals surface area contributed by atoms with Crippen LogP contribution < -0.4 is 10.6 Å². The van der Waals surface area contributed by atoms with Gasteiger partial charge in [0.15, 0.2) is 0 Å². The molecule has 0 aromatic heterocycles. The highest BCUT2D eigenvalue weighted by atomic mass is 16.4. The highest BCUT2D eigenvalue weighted by molar-refractivity contribution is 5.80. The van der Waals surface area contributed by atoms with Crippen LogP contribution in [0.3, 0.4) is 0 Å². The zero-order valence-electron chi connectivity index (χ0n) is 10.5. The number of nitrogens with one attached hydrogen (secondary N) is 2. The molecule has 1 saturated carbocycles. The van der Waals surface area contributed by atoms with Crippen molar-refractivity contribution >= 4 is 11.9 Å². The lowest BCUT2D eigenvalue weighted by atomic mass is 9.79. The molecule has 0 aromatic carbocycles. The molecule has 0 unspecified atom stereocenters. The van der Waals surface area contributed by atoms with Crippen molar-refractivity contribution in [3.05, 3.63) is 0 Å². The van der Waals surface area contributed by atoms with Crippen LogP contribution in [0.1, 0.15) is 38.5 Å². The number of terminal acetylenes is 1. The summed E-state index contributed by atoms with van der Waals surface area (Å²) in [6, 6.07) is 0. The summed E-state index contributed by atoms with van der Waals surface area (Å²) in [5.41, 5.74) is -0.570. The van der Waals surface area contributed by atoms with E-state index in [1.165, 1.54) is 0 Å². The molecule has 0 atom stereocenters. The first-order chi connectivity index (χ1) is 8.58. The second-order valence-electron chi connectivity index (χ2n) is 4.77. The van der Waals surface area contributed by atoms with Crippen molar-refractivity contribution in [2.75, 3.05) is 13.1 Å². The van der Waals surface area contributed by atoms with Crippen LogP contribution in [0.4, 0.5) is 0 Å². The first-order valence-corrected chi connectivity index (χ1v) is 6.25. The number of amides is 1. The Bertz CT molecular complexity index is 341. The van der Waals surface area contributed by atoms with E-state index in [2.05, 4.69) is 16.6 Å². The van der Waals surface area contributed by atoms with E-state index in [-0.39, 0.29) is 18.9 Å². The Balaban J connectivity index is 2.52. The number of carboxylic acids is 1. The molecule has 1 amide bonds. The molecule has 1 rings (SSSR count). The Morgan fingerprint density at radius 3 is 2.50 bits per heavy atom. The van der Waals surface area contributed by atoms with Gasteiger partial charge in [0.05, 0.1) is 25.0 Å². The molecule has 1 aliphatic rings. The molecule has 5 nitrogen and oxygen atoms in total. The second-order valence-corrected chi connectivity index (χ2v) is 4.77. The summed E-state index contributed by atoms with van der Waals surface area (Å²) in [6.07, 6.45) is 9.57. The predicted octanol–water partition coefficient (Wildman–Crippen LogP) is 0.503. The SMILES string of the molecule is C#CCNCC(=O)NC1(CC(=O)O)CCCCC1. The van der Waals surface area contributed by atoms with Crippen LogP contribution in [0, 0.1) is 12.3 Å². The summed E-state index contributed by atoms with van der Waals surface area (Å²) in [5, 5.41) is 14.6. The number of rotatable bonds is 6. The minimum atomic E-state index is -0.867. The van der Waals surface area contributed by atoms with Crippen molar-refractivity contribution in [2.24, 2.45) is 0 Å². The highest BCUT2D eigenvalue weighted by Crippen LogP contribution is 2.31. The number of hydrogen-bond acceptors (Lipinski definition) is 3. The maximum Gasteiger partial charge on any atom is 0.305 e. The summed E-state index contributed by atoms with van der Waals surface area (Å²) in [7, 11) is 0. The Kier molecular flexibility index (Phi) is 5.66. The van der Waals surface area contributed by atoms with E-state index in [1.807, 2.05) is 0 Å².